The first-order chi connectivity index (χ1) is 10.3. The van der Waals surface area contributed by atoms with Gasteiger partial charge < -0.3 is 20.5 Å². The molecular weight excluding hydrogens is 268 g/mol. The third-order valence-corrected chi connectivity index (χ3v) is 3.71. The van der Waals surface area contributed by atoms with Gasteiger partial charge in [0, 0.05) is 18.7 Å². The lowest BCUT2D eigenvalue weighted by Gasteiger charge is -2.23. The molecule has 0 saturated carbocycles. The quantitative estimate of drug-likeness (QED) is 0.653. The molecule has 1 aromatic carbocycles. The molecule has 1 atom stereocenters. The van der Waals surface area contributed by atoms with Gasteiger partial charge in [-0.2, -0.15) is 0 Å². The van der Waals surface area contributed by atoms with E-state index in [0.29, 0.717) is 31.2 Å². The Kier molecular flexibility index (Phi) is 6.66. The average molecular weight is 292 g/mol. The number of carbonyl (C=O) groups excluding carboxylic acids is 1. The summed E-state index contributed by atoms with van der Waals surface area (Å²) in [5.74, 6) is 0.471. The predicted molar refractivity (Wildman–Crippen MR) is 81.5 cm³/mol. The predicted octanol–water partition coefficient (Wildman–Crippen LogP) is 0.892. The number of hydrogen-bond donors (Lipinski definition) is 3. The van der Waals surface area contributed by atoms with Crippen LogP contribution in [0.25, 0.3) is 0 Å². The number of hydrogen-bond acceptors (Lipinski definition) is 4. The summed E-state index contributed by atoms with van der Waals surface area (Å²) >= 11 is 0. The van der Waals surface area contributed by atoms with Gasteiger partial charge in [0.15, 0.2) is 0 Å². The van der Waals surface area contributed by atoms with Crippen LogP contribution in [0, 0.1) is 0 Å². The summed E-state index contributed by atoms with van der Waals surface area (Å²) in [7, 11) is 0. The summed E-state index contributed by atoms with van der Waals surface area (Å²) in [5.41, 5.74) is 1.97. The smallest absolute Gasteiger partial charge is 0.251 e. The van der Waals surface area contributed by atoms with Gasteiger partial charge in [-0.1, -0.05) is 12.1 Å². The SMILES string of the molecule is O=C(NCCOCCO)c1ccc([C@H]2CCCNC2)cc1. The summed E-state index contributed by atoms with van der Waals surface area (Å²) in [6.07, 6.45) is 2.42. The maximum Gasteiger partial charge on any atom is 0.251 e. The molecule has 1 aromatic rings. The van der Waals surface area contributed by atoms with Gasteiger partial charge in [0.05, 0.1) is 19.8 Å². The topological polar surface area (TPSA) is 70.6 Å². The zero-order valence-electron chi connectivity index (χ0n) is 12.3. The van der Waals surface area contributed by atoms with Crippen molar-refractivity contribution < 1.29 is 14.6 Å². The fourth-order valence-corrected chi connectivity index (χ4v) is 2.55. The molecule has 1 heterocycles. The van der Waals surface area contributed by atoms with Crippen LogP contribution in [0.2, 0.25) is 0 Å². The molecule has 0 aromatic heterocycles. The van der Waals surface area contributed by atoms with Gasteiger partial charge in [0.2, 0.25) is 0 Å². The Morgan fingerprint density at radius 1 is 1.33 bits per heavy atom. The van der Waals surface area contributed by atoms with Crippen LogP contribution in [0.4, 0.5) is 0 Å². The van der Waals surface area contributed by atoms with Crippen molar-refractivity contribution in [3.8, 4) is 0 Å². The van der Waals surface area contributed by atoms with Crippen molar-refractivity contribution in [2.75, 3.05) is 39.5 Å². The van der Waals surface area contributed by atoms with Crippen LogP contribution in [0.1, 0.15) is 34.7 Å². The van der Waals surface area contributed by atoms with E-state index in [4.69, 9.17) is 9.84 Å². The first-order valence-electron chi connectivity index (χ1n) is 7.58. The number of benzene rings is 1. The van der Waals surface area contributed by atoms with E-state index >= 15 is 0 Å². The largest absolute Gasteiger partial charge is 0.394 e. The molecule has 1 aliphatic rings. The lowest BCUT2D eigenvalue weighted by atomic mass is 9.91. The molecule has 3 N–H and O–H groups in total. The molecule has 0 bridgehead atoms. The van der Waals surface area contributed by atoms with E-state index in [1.165, 1.54) is 18.4 Å². The van der Waals surface area contributed by atoms with Crippen LogP contribution in [0.3, 0.4) is 0 Å². The van der Waals surface area contributed by atoms with Crippen LogP contribution in [0.5, 0.6) is 0 Å². The summed E-state index contributed by atoms with van der Waals surface area (Å²) in [6.45, 7) is 3.31. The summed E-state index contributed by atoms with van der Waals surface area (Å²) in [6, 6.07) is 7.87. The van der Waals surface area contributed by atoms with Crippen molar-refractivity contribution in [2.24, 2.45) is 0 Å². The number of piperidine rings is 1. The van der Waals surface area contributed by atoms with Crippen molar-refractivity contribution in [3.63, 3.8) is 0 Å². The van der Waals surface area contributed by atoms with Gasteiger partial charge in [-0.05, 0) is 43.0 Å². The van der Waals surface area contributed by atoms with Crippen LogP contribution >= 0.6 is 0 Å². The molecule has 0 radical (unpaired) electrons. The van der Waals surface area contributed by atoms with Crippen LogP contribution in [-0.4, -0.2) is 50.5 Å². The van der Waals surface area contributed by atoms with Gasteiger partial charge in [-0.25, -0.2) is 0 Å². The molecule has 1 saturated heterocycles. The van der Waals surface area contributed by atoms with E-state index in [1.54, 1.807) is 0 Å². The van der Waals surface area contributed by atoms with Crippen molar-refractivity contribution in [1.82, 2.24) is 10.6 Å². The fraction of sp³-hybridized carbons (Fsp3) is 0.562. The minimum atomic E-state index is -0.0871. The number of amides is 1. The second-order valence-corrected chi connectivity index (χ2v) is 5.26. The molecule has 0 spiro atoms. The Bertz CT molecular complexity index is 428. The van der Waals surface area contributed by atoms with Crippen LogP contribution < -0.4 is 10.6 Å². The number of carbonyl (C=O) groups is 1. The van der Waals surface area contributed by atoms with Crippen LogP contribution in [0.15, 0.2) is 24.3 Å². The highest BCUT2D eigenvalue weighted by Gasteiger charge is 2.15. The first-order valence-corrected chi connectivity index (χ1v) is 7.58. The van der Waals surface area contributed by atoms with E-state index in [-0.39, 0.29) is 12.5 Å². The van der Waals surface area contributed by atoms with E-state index in [1.807, 2.05) is 12.1 Å². The summed E-state index contributed by atoms with van der Waals surface area (Å²) in [4.78, 5) is 11.9. The molecule has 2 rings (SSSR count). The van der Waals surface area contributed by atoms with Gasteiger partial charge in [-0.3, -0.25) is 4.79 Å². The van der Waals surface area contributed by atoms with Crippen molar-refractivity contribution in [2.45, 2.75) is 18.8 Å². The summed E-state index contributed by atoms with van der Waals surface area (Å²) in [5, 5.41) is 14.8. The number of aliphatic hydroxyl groups excluding tert-OH is 1. The molecule has 5 heteroatoms. The average Bonchev–Trinajstić information content (AvgIpc) is 2.55. The van der Waals surface area contributed by atoms with Crippen LogP contribution in [-0.2, 0) is 4.74 Å². The minimum Gasteiger partial charge on any atom is -0.394 e. The second kappa shape index (κ2) is 8.77. The maximum absolute atomic E-state index is 11.9. The lowest BCUT2D eigenvalue weighted by Crippen LogP contribution is -2.29. The monoisotopic (exact) mass is 292 g/mol. The fourth-order valence-electron chi connectivity index (χ4n) is 2.55. The molecule has 1 amide bonds. The molecular formula is C16H24N2O3. The van der Waals surface area contributed by atoms with E-state index in [0.717, 1.165) is 13.1 Å². The highest BCUT2D eigenvalue weighted by Crippen LogP contribution is 2.23. The Morgan fingerprint density at radius 3 is 2.81 bits per heavy atom. The third kappa shape index (κ3) is 5.12. The molecule has 0 aliphatic carbocycles. The van der Waals surface area contributed by atoms with Crippen molar-refractivity contribution in [1.29, 1.82) is 0 Å². The Balaban J connectivity index is 1.79. The van der Waals surface area contributed by atoms with Crippen molar-refractivity contribution in [3.05, 3.63) is 35.4 Å². The second-order valence-electron chi connectivity index (χ2n) is 5.26. The van der Waals surface area contributed by atoms with E-state index in [9.17, 15) is 4.79 Å². The highest BCUT2D eigenvalue weighted by molar-refractivity contribution is 5.94. The van der Waals surface area contributed by atoms with E-state index in [2.05, 4.69) is 22.8 Å². The van der Waals surface area contributed by atoms with Gasteiger partial charge in [0.25, 0.3) is 5.91 Å². The first kappa shape index (κ1) is 15.9. The highest BCUT2D eigenvalue weighted by atomic mass is 16.5. The molecule has 0 unspecified atom stereocenters. The molecule has 1 fully saturated rings. The lowest BCUT2D eigenvalue weighted by molar-refractivity contribution is 0.0838. The van der Waals surface area contributed by atoms with Gasteiger partial charge in [-0.15, -0.1) is 0 Å². The zero-order valence-corrected chi connectivity index (χ0v) is 12.3. The number of nitrogens with one attached hydrogen (secondary N) is 2. The van der Waals surface area contributed by atoms with Crippen molar-refractivity contribution >= 4 is 5.91 Å². The van der Waals surface area contributed by atoms with Gasteiger partial charge in [0.1, 0.15) is 0 Å². The minimum absolute atomic E-state index is 0.00539. The summed E-state index contributed by atoms with van der Waals surface area (Å²) < 4.78 is 5.10. The number of aliphatic hydroxyl groups is 1. The number of ether oxygens (including phenoxy) is 1. The Labute approximate surface area is 125 Å². The zero-order chi connectivity index (χ0) is 14.9. The normalized spacial score (nSPS) is 18.4. The Hall–Kier alpha value is -1.43. The molecule has 5 nitrogen and oxygen atoms in total. The Morgan fingerprint density at radius 2 is 2.14 bits per heavy atom. The maximum atomic E-state index is 11.9. The standard InChI is InChI=1S/C16H24N2O3/c19-9-11-21-10-8-18-16(20)14-5-3-13(4-6-14)15-2-1-7-17-12-15/h3-6,15,17,19H,1-2,7-12H2,(H,18,20)/t15-/m0/s1. The third-order valence-electron chi connectivity index (χ3n) is 3.71. The van der Waals surface area contributed by atoms with Gasteiger partial charge >= 0.3 is 0 Å². The van der Waals surface area contributed by atoms with E-state index < -0.39 is 0 Å². The molecule has 116 valence electrons. The molecule has 21 heavy (non-hydrogen) atoms. The number of rotatable bonds is 7. The molecule has 1 aliphatic heterocycles.